The summed E-state index contributed by atoms with van der Waals surface area (Å²) in [5.74, 6) is 0.960. The van der Waals surface area contributed by atoms with Crippen molar-refractivity contribution in [3.05, 3.63) is 29.0 Å². The van der Waals surface area contributed by atoms with Crippen molar-refractivity contribution >= 4 is 22.6 Å². The summed E-state index contributed by atoms with van der Waals surface area (Å²) in [6, 6.07) is 5.83. The number of imidazole rings is 1. The lowest BCUT2D eigenvalue weighted by atomic mass is 10.3. The lowest BCUT2D eigenvalue weighted by molar-refractivity contribution is 0.0369. The molecule has 1 fully saturated rings. The molecule has 2 aromatic rings. The smallest absolute Gasteiger partial charge is 0.135 e. The van der Waals surface area contributed by atoms with Crippen molar-refractivity contribution in [2.75, 3.05) is 40.0 Å². The van der Waals surface area contributed by atoms with Crippen molar-refractivity contribution in [2.45, 2.75) is 19.6 Å². The number of ether oxygens (including phenoxy) is 2. The highest BCUT2D eigenvalue weighted by molar-refractivity contribution is 6.31. The third kappa shape index (κ3) is 3.60. The molecule has 0 bridgehead atoms. The fraction of sp³-hybridized carbons (Fsp3) is 0.562. The minimum Gasteiger partial charge on any atom is -0.379 e. The molecular weight excluding hydrogens is 302 g/mol. The molecule has 0 saturated carbocycles. The fourth-order valence-electron chi connectivity index (χ4n) is 2.91. The number of hydrogen-bond acceptors (Lipinski definition) is 4. The molecule has 5 nitrogen and oxygen atoms in total. The maximum Gasteiger partial charge on any atom is 0.135 e. The van der Waals surface area contributed by atoms with E-state index in [1.807, 2.05) is 18.2 Å². The van der Waals surface area contributed by atoms with Gasteiger partial charge >= 0.3 is 0 Å². The molecule has 1 aliphatic rings. The Labute approximate surface area is 135 Å². The molecule has 3 rings (SSSR count). The van der Waals surface area contributed by atoms with Gasteiger partial charge in [0.25, 0.3) is 0 Å². The van der Waals surface area contributed by atoms with Crippen LogP contribution in [0.1, 0.15) is 12.2 Å². The highest BCUT2D eigenvalue weighted by Crippen LogP contribution is 2.21. The molecule has 0 N–H and O–H groups in total. The fourth-order valence-corrected chi connectivity index (χ4v) is 3.08. The molecular formula is C16H22ClN3O2. The maximum absolute atomic E-state index is 6.14. The van der Waals surface area contributed by atoms with Crippen LogP contribution in [0.3, 0.4) is 0 Å². The average molecular weight is 324 g/mol. The number of benzene rings is 1. The van der Waals surface area contributed by atoms with E-state index in [2.05, 4.69) is 14.5 Å². The summed E-state index contributed by atoms with van der Waals surface area (Å²) in [5, 5.41) is 0.741. The second-order valence-corrected chi connectivity index (χ2v) is 5.99. The van der Waals surface area contributed by atoms with Gasteiger partial charge in [0.15, 0.2) is 0 Å². The Hall–Kier alpha value is -1.14. The summed E-state index contributed by atoms with van der Waals surface area (Å²) in [4.78, 5) is 7.10. The summed E-state index contributed by atoms with van der Waals surface area (Å²) in [7, 11) is 1.70. The number of halogens is 1. The van der Waals surface area contributed by atoms with Crippen LogP contribution in [0.5, 0.6) is 0 Å². The SMILES string of the molecule is COCc1nc2ccc(Cl)cc2n1CCCN1CCOCC1. The second-order valence-electron chi connectivity index (χ2n) is 5.55. The van der Waals surface area contributed by atoms with Gasteiger partial charge in [-0.25, -0.2) is 4.98 Å². The van der Waals surface area contributed by atoms with E-state index in [1.54, 1.807) is 7.11 Å². The number of rotatable bonds is 6. The van der Waals surface area contributed by atoms with Crippen LogP contribution in [0.15, 0.2) is 18.2 Å². The summed E-state index contributed by atoms with van der Waals surface area (Å²) < 4.78 is 12.9. The summed E-state index contributed by atoms with van der Waals surface area (Å²) in [6.45, 7) is 6.27. The monoisotopic (exact) mass is 323 g/mol. The van der Waals surface area contributed by atoms with Crippen LogP contribution < -0.4 is 0 Å². The normalized spacial score (nSPS) is 16.5. The topological polar surface area (TPSA) is 39.5 Å². The number of methoxy groups -OCH3 is 1. The van der Waals surface area contributed by atoms with Crippen LogP contribution in [-0.4, -0.2) is 54.4 Å². The first-order chi connectivity index (χ1) is 10.8. The summed E-state index contributed by atoms with van der Waals surface area (Å²) in [6.07, 6.45) is 1.08. The molecule has 0 radical (unpaired) electrons. The predicted molar refractivity (Wildman–Crippen MR) is 87.3 cm³/mol. The van der Waals surface area contributed by atoms with Gasteiger partial charge in [0.05, 0.1) is 24.2 Å². The van der Waals surface area contributed by atoms with E-state index in [0.29, 0.717) is 6.61 Å². The number of fused-ring (bicyclic) bond motifs is 1. The summed E-state index contributed by atoms with van der Waals surface area (Å²) in [5.41, 5.74) is 2.06. The van der Waals surface area contributed by atoms with Gasteiger partial charge in [-0.15, -0.1) is 0 Å². The molecule has 1 saturated heterocycles. The first kappa shape index (κ1) is 15.7. The minimum atomic E-state index is 0.518. The molecule has 1 aliphatic heterocycles. The second kappa shape index (κ2) is 7.42. The Kier molecular flexibility index (Phi) is 5.31. The third-order valence-corrected chi connectivity index (χ3v) is 4.26. The van der Waals surface area contributed by atoms with E-state index in [9.17, 15) is 0 Å². The first-order valence-corrected chi connectivity index (χ1v) is 8.09. The van der Waals surface area contributed by atoms with E-state index in [-0.39, 0.29) is 0 Å². The maximum atomic E-state index is 6.14. The Balaban J connectivity index is 1.72. The average Bonchev–Trinajstić information content (AvgIpc) is 2.86. The standard InChI is InChI=1S/C16H22ClN3O2/c1-21-12-16-18-14-4-3-13(17)11-15(14)20(16)6-2-5-19-7-9-22-10-8-19/h3-4,11H,2,5-10,12H2,1H3. The lowest BCUT2D eigenvalue weighted by Crippen LogP contribution is -2.37. The van der Waals surface area contributed by atoms with Crippen molar-refractivity contribution in [3.63, 3.8) is 0 Å². The van der Waals surface area contributed by atoms with Gasteiger partial charge in [0, 0.05) is 38.3 Å². The lowest BCUT2D eigenvalue weighted by Gasteiger charge is -2.26. The van der Waals surface area contributed by atoms with Crippen LogP contribution >= 0.6 is 11.6 Å². The van der Waals surface area contributed by atoms with Crippen molar-refractivity contribution < 1.29 is 9.47 Å². The quantitative estimate of drug-likeness (QED) is 0.819. The van der Waals surface area contributed by atoms with Crippen molar-refractivity contribution in [3.8, 4) is 0 Å². The number of morpholine rings is 1. The summed E-state index contributed by atoms with van der Waals surface area (Å²) >= 11 is 6.14. The number of aromatic nitrogens is 2. The number of nitrogens with zero attached hydrogens (tertiary/aromatic N) is 3. The van der Waals surface area contributed by atoms with Crippen LogP contribution in [0, 0.1) is 0 Å². The van der Waals surface area contributed by atoms with Crippen LogP contribution in [0.4, 0.5) is 0 Å². The third-order valence-electron chi connectivity index (χ3n) is 4.02. The molecule has 1 aromatic carbocycles. The van der Waals surface area contributed by atoms with Crippen molar-refractivity contribution in [1.29, 1.82) is 0 Å². The number of aryl methyl sites for hydroxylation is 1. The molecule has 120 valence electrons. The molecule has 6 heteroatoms. The van der Waals surface area contributed by atoms with E-state index in [0.717, 1.165) is 67.7 Å². The highest BCUT2D eigenvalue weighted by atomic mass is 35.5. The van der Waals surface area contributed by atoms with Gasteiger partial charge in [-0.1, -0.05) is 11.6 Å². The Morgan fingerprint density at radius 3 is 2.86 bits per heavy atom. The zero-order valence-corrected chi connectivity index (χ0v) is 13.7. The Morgan fingerprint density at radius 1 is 1.27 bits per heavy atom. The molecule has 22 heavy (non-hydrogen) atoms. The molecule has 0 amide bonds. The predicted octanol–water partition coefficient (Wildman–Crippen LogP) is 2.56. The molecule has 0 unspecified atom stereocenters. The zero-order valence-electron chi connectivity index (χ0n) is 12.9. The van der Waals surface area contributed by atoms with Gasteiger partial charge in [0.2, 0.25) is 0 Å². The van der Waals surface area contributed by atoms with E-state index in [4.69, 9.17) is 21.1 Å². The van der Waals surface area contributed by atoms with Crippen LogP contribution in [0.25, 0.3) is 11.0 Å². The van der Waals surface area contributed by atoms with Gasteiger partial charge in [0.1, 0.15) is 12.4 Å². The molecule has 0 atom stereocenters. The molecule has 0 aliphatic carbocycles. The number of hydrogen-bond donors (Lipinski definition) is 0. The first-order valence-electron chi connectivity index (χ1n) is 7.71. The Morgan fingerprint density at radius 2 is 2.09 bits per heavy atom. The van der Waals surface area contributed by atoms with Gasteiger partial charge in [-0.2, -0.15) is 0 Å². The Bertz CT molecular complexity index is 623. The van der Waals surface area contributed by atoms with E-state index in [1.165, 1.54) is 0 Å². The molecule has 1 aromatic heterocycles. The van der Waals surface area contributed by atoms with Gasteiger partial charge in [-0.3, -0.25) is 4.90 Å². The zero-order chi connectivity index (χ0) is 15.4. The molecule has 0 spiro atoms. The van der Waals surface area contributed by atoms with Crippen molar-refractivity contribution in [1.82, 2.24) is 14.5 Å². The van der Waals surface area contributed by atoms with E-state index >= 15 is 0 Å². The van der Waals surface area contributed by atoms with Crippen LogP contribution in [0.2, 0.25) is 5.02 Å². The van der Waals surface area contributed by atoms with Gasteiger partial charge < -0.3 is 14.0 Å². The van der Waals surface area contributed by atoms with Crippen LogP contribution in [-0.2, 0) is 22.6 Å². The molecule has 2 heterocycles. The highest BCUT2D eigenvalue weighted by Gasteiger charge is 2.13. The van der Waals surface area contributed by atoms with Gasteiger partial charge in [-0.05, 0) is 24.6 Å². The van der Waals surface area contributed by atoms with Crippen molar-refractivity contribution in [2.24, 2.45) is 0 Å². The van der Waals surface area contributed by atoms with E-state index < -0.39 is 0 Å². The largest absolute Gasteiger partial charge is 0.379 e. The minimum absolute atomic E-state index is 0.518.